The van der Waals surface area contributed by atoms with Gasteiger partial charge < -0.3 is 49.3 Å². The summed E-state index contributed by atoms with van der Waals surface area (Å²) in [5.74, 6) is -4.20. The van der Waals surface area contributed by atoms with Gasteiger partial charge in [0.25, 0.3) is 0 Å². The standard InChI is InChI=1S/C31H20O12/c1-41-22-5-2-12(6-16(22)34)23-10-21(39)28-18(36)9-19(37)29(31(28)43-23)26-14(3-4-15(33)30(26)40)24-11-20(38)27-17(35)7-13(32)8-25(27)42-24/h2-11,32-37,40H,1H3. The molecule has 2 aromatic heterocycles. The first-order valence-electron chi connectivity index (χ1n) is 12.4. The fourth-order valence-electron chi connectivity index (χ4n) is 4.95. The summed E-state index contributed by atoms with van der Waals surface area (Å²) in [6, 6.07) is 11.4. The predicted octanol–water partition coefficient (Wildman–Crippen LogP) is 4.85. The van der Waals surface area contributed by atoms with Gasteiger partial charge in [0.05, 0.1) is 12.7 Å². The first-order valence-corrected chi connectivity index (χ1v) is 12.4. The number of aromatic hydroxyl groups is 7. The highest BCUT2D eigenvalue weighted by molar-refractivity contribution is 6.05. The Kier molecular flexibility index (Phi) is 6.04. The molecule has 0 aliphatic rings. The van der Waals surface area contributed by atoms with Crippen LogP contribution in [0, 0.1) is 0 Å². The zero-order chi connectivity index (χ0) is 30.7. The van der Waals surface area contributed by atoms with Crippen molar-refractivity contribution in [2.45, 2.75) is 0 Å². The van der Waals surface area contributed by atoms with Crippen LogP contribution >= 0.6 is 0 Å². The maximum atomic E-state index is 13.3. The van der Waals surface area contributed by atoms with Gasteiger partial charge in [-0.1, -0.05) is 0 Å². The van der Waals surface area contributed by atoms with Crippen molar-refractivity contribution >= 4 is 21.9 Å². The Morgan fingerprint density at radius 1 is 0.605 bits per heavy atom. The van der Waals surface area contributed by atoms with Crippen LogP contribution in [-0.4, -0.2) is 42.9 Å². The van der Waals surface area contributed by atoms with Crippen molar-refractivity contribution in [1.29, 1.82) is 0 Å². The van der Waals surface area contributed by atoms with E-state index < -0.39 is 56.3 Å². The Labute approximate surface area is 239 Å². The lowest BCUT2D eigenvalue weighted by Crippen LogP contribution is -2.03. The normalized spacial score (nSPS) is 11.3. The average molecular weight is 584 g/mol. The third-order valence-corrected chi connectivity index (χ3v) is 6.89. The van der Waals surface area contributed by atoms with Crippen molar-refractivity contribution in [2.75, 3.05) is 7.11 Å². The molecule has 0 saturated heterocycles. The number of methoxy groups -OCH3 is 1. The van der Waals surface area contributed by atoms with Crippen LogP contribution in [0.4, 0.5) is 0 Å². The van der Waals surface area contributed by atoms with Gasteiger partial charge in [-0.25, -0.2) is 0 Å². The van der Waals surface area contributed by atoms with Crippen molar-refractivity contribution < 1.29 is 49.3 Å². The minimum Gasteiger partial charge on any atom is -0.508 e. The van der Waals surface area contributed by atoms with Crippen LogP contribution in [-0.2, 0) is 0 Å². The molecule has 12 nitrogen and oxygen atoms in total. The number of rotatable bonds is 4. The molecule has 2 heterocycles. The van der Waals surface area contributed by atoms with Gasteiger partial charge in [-0.3, -0.25) is 9.59 Å². The fraction of sp³-hybridized carbons (Fsp3) is 0.0323. The molecule has 216 valence electrons. The zero-order valence-corrected chi connectivity index (χ0v) is 21.9. The second-order valence-electron chi connectivity index (χ2n) is 9.52. The van der Waals surface area contributed by atoms with E-state index in [1.165, 1.54) is 31.4 Å². The zero-order valence-electron chi connectivity index (χ0n) is 21.9. The molecule has 0 fully saturated rings. The molecule has 0 aliphatic carbocycles. The van der Waals surface area contributed by atoms with Crippen molar-refractivity contribution in [3.63, 3.8) is 0 Å². The fourth-order valence-corrected chi connectivity index (χ4v) is 4.95. The van der Waals surface area contributed by atoms with Crippen molar-refractivity contribution in [1.82, 2.24) is 0 Å². The predicted molar refractivity (Wildman–Crippen MR) is 153 cm³/mol. The van der Waals surface area contributed by atoms with E-state index >= 15 is 0 Å². The maximum Gasteiger partial charge on any atom is 0.197 e. The summed E-state index contributed by atoms with van der Waals surface area (Å²) in [5.41, 5.74) is -2.71. The van der Waals surface area contributed by atoms with Crippen molar-refractivity contribution in [3.05, 3.63) is 81.1 Å². The molecule has 0 atom stereocenters. The topological polar surface area (TPSA) is 211 Å². The molecule has 0 spiro atoms. The minimum absolute atomic E-state index is 0.0884. The highest BCUT2D eigenvalue weighted by atomic mass is 16.5. The lowest BCUT2D eigenvalue weighted by Gasteiger charge is -2.16. The average Bonchev–Trinajstić information content (AvgIpc) is 2.94. The summed E-state index contributed by atoms with van der Waals surface area (Å²) in [5, 5.41) is 72.9. The van der Waals surface area contributed by atoms with E-state index in [0.29, 0.717) is 0 Å². The molecule has 0 bridgehead atoms. The van der Waals surface area contributed by atoms with E-state index in [1.807, 2.05) is 0 Å². The molecule has 6 aromatic rings. The van der Waals surface area contributed by atoms with E-state index in [-0.39, 0.29) is 56.2 Å². The molecule has 0 unspecified atom stereocenters. The molecule has 0 amide bonds. The summed E-state index contributed by atoms with van der Waals surface area (Å²) in [6.07, 6.45) is 0. The van der Waals surface area contributed by atoms with Crippen LogP contribution in [0.1, 0.15) is 0 Å². The van der Waals surface area contributed by atoms with E-state index in [2.05, 4.69) is 0 Å². The molecule has 0 saturated carbocycles. The number of benzene rings is 4. The van der Waals surface area contributed by atoms with Gasteiger partial charge in [0.2, 0.25) is 0 Å². The van der Waals surface area contributed by atoms with Gasteiger partial charge in [-0.05, 0) is 30.3 Å². The second-order valence-corrected chi connectivity index (χ2v) is 9.52. The quantitative estimate of drug-likeness (QED) is 0.139. The smallest absolute Gasteiger partial charge is 0.197 e. The minimum atomic E-state index is -0.809. The molecule has 0 radical (unpaired) electrons. The van der Waals surface area contributed by atoms with E-state index in [0.717, 1.165) is 36.4 Å². The van der Waals surface area contributed by atoms with E-state index in [9.17, 15) is 45.3 Å². The molecular weight excluding hydrogens is 564 g/mol. The Hall–Kier alpha value is -6.30. The Balaban J connectivity index is 1.71. The van der Waals surface area contributed by atoms with Crippen molar-refractivity contribution in [3.8, 4) is 79.8 Å². The van der Waals surface area contributed by atoms with Crippen LogP contribution in [0.15, 0.2) is 79.1 Å². The Morgan fingerprint density at radius 3 is 2.02 bits per heavy atom. The highest BCUT2D eigenvalue weighted by Gasteiger charge is 2.27. The van der Waals surface area contributed by atoms with Gasteiger partial charge in [-0.15, -0.1) is 0 Å². The molecule has 6 rings (SSSR count). The summed E-state index contributed by atoms with van der Waals surface area (Å²) in [6.45, 7) is 0. The van der Waals surface area contributed by atoms with Gasteiger partial charge in [-0.2, -0.15) is 0 Å². The van der Waals surface area contributed by atoms with Crippen LogP contribution in [0.2, 0.25) is 0 Å². The third-order valence-electron chi connectivity index (χ3n) is 6.89. The Bertz CT molecular complexity index is 2240. The lowest BCUT2D eigenvalue weighted by atomic mass is 9.93. The maximum absolute atomic E-state index is 13.3. The number of fused-ring (bicyclic) bond motifs is 2. The largest absolute Gasteiger partial charge is 0.508 e. The van der Waals surface area contributed by atoms with Gasteiger partial charge in [0.1, 0.15) is 50.9 Å². The third kappa shape index (κ3) is 4.25. The number of ether oxygens (including phenoxy) is 1. The lowest BCUT2D eigenvalue weighted by molar-refractivity contribution is 0.373. The Morgan fingerprint density at radius 2 is 1.30 bits per heavy atom. The molecule has 0 aliphatic heterocycles. The highest BCUT2D eigenvalue weighted by Crippen LogP contribution is 2.51. The van der Waals surface area contributed by atoms with E-state index in [4.69, 9.17) is 13.6 Å². The van der Waals surface area contributed by atoms with E-state index in [1.54, 1.807) is 0 Å². The van der Waals surface area contributed by atoms with Crippen LogP contribution in [0.5, 0.6) is 46.0 Å². The molecule has 43 heavy (non-hydrogen) atoms. The SMILES string of the molecule is COc1ccc(-c2cc(=O)c3c(O)cc(O)c(-c4c(-c5cc(=O)c6c(O)cc(O)cc6o5)ccc(O)c4O)c3o2)cc1O. The first-order chi connectivity index (χ1) is 20.5. The van der Waals surface area contributed by atoms with Gasteiger partial charge >= 0.3 is 0 Å². The van der Waals surface area contributed by atoms with Crippen LogP contribution < -0.4 is 15.6 Å². The second kappa shape index (κ2) is 9.66. The van der Waals surface area contributed by atoms with Crippen LogP contribution in [0.3, 0.4) is 0 Å². The number of hydrogen-bond acceptors (Lipinski definition) is 12. The van der Waals surface area contributed by atoms with Crippen LogP contribution in [0.25, 0.3) is 55.7 Å². The number of hydrogen-bond donors (Lipinski definition) is 7. The van der Waals surface area contributed by atoms with Gasteiger partial charge in [0.15, 0.2) is 39.4 Å². The first kappa shape index (κ1) is 26.9. The van der Waals surface area contributed by atoms with Crippen molar-refractivity contribution in [2.24, 2.45) is 0 Å². The summed E-state index contributed by atoms with van der Waals surface area (Å²) in [4.78, 5) is 26.2. The summed E-state index contributed by atoms with van der Waals surface area (Å²) in [7, 11) is 1.35. The molecule has 4 aromatic carbocycles. The monoisotopic (exact) mass is 584 g/mol. The molecule has 7 N–H and O–H groups in total. The summed E-state index contributed by atoms with van der Waals surface area (Å²) >= 11 is 0. The number of phenols is 7. The number of phenolic OH excluding ortho intramolecular Hbond substituents is 7. The molecule has 12 heteroatoms. The molecular formula is C31H20O12. The van der Waals surface area contributed by atoms with Gasteiger partial charge in [0, 0.05) is 47.0 Å². The summed E-state index contributed by atoms with van der Waals surface area (Å²) < 4.78 is 16.8.